The molecule has 1 heterocycles. The van der Waals surface area contributed by atoms with E-state index in [1.165, 1.54) is 5.56 Å². The molecule has 0 atom stereocenters. The van der Waals surface area contributed by atoms with Gasteiger partial charge in [0.1, 0.15) is 5.75 Å². The van der Waals surface area contributed by atoms with Gasteiger partial charge in [-0.25, -0.2) is 0 Å². The second-order valence-electron chi connectivity index (χ2n) is 4.31. The van der Waals surface area contributed by atoms with E-state index in [0.717, 1.165) is 17.0 Å². The third-order valence-electron chi connectivity index (χ3n) is 2.74. The highest BCUT2D eigenvalue weighted by molar-refractivity contribution is 5.62. The number of aromatic amines is 1. The molecule has 0 unspecified atom stereocenters. The number of hydrogen-bond donors (Lipinski definition) is 1. The molecule has 0 aliphatic heterocycles. The fourth-order valence-corrected chi connectivity index (χ4v) is 1.87. The van der Waals surface area contributed by atoms with E-state index in [9.17, 15) is 0 Å². The first kappa shape index (κ1) is 11.7. The smallest absolute Gasteiger partial charge is 0.122 e. The van der Waals surface area contributed by atoms with Crippen LogP contribution in [-0.4, -0.2) is 16.8 Å². The van der Waals surface area contributed by atoms with Crippen LogP contribution < -0.4 is 4.74 Å². The zero-order valence-corrected chi connectivity index (χ0v) is 10.5. The van der Waals surface area contributed by atoms with Crippen molar-refractivity contribution in [1.82, 2.24) is 10.2 Å². The molecule has 0 amide bonds. The summed E-state index contributed by atoms with van der Waals surface area (Å²) in [5.41, 5.74) is 3.42. The van der Waals surface area contributed by atoms with Crippen LogP contribution >= 0.6 is 0 Å². The Kier molecular flexibility index (Phi) is 3.47. The van der Waals surface area contributed by atoms with E-state index in [1.54, 1.807) is 6.20 Å². The Labute approximate surface area is 102 Å². The number of benzene rings is 1. The standard InChI is InChI=1S/C14H18N2O/c1-4-17-14-6-5-11(9-12(14)10(2)3)13-7-8-15-16-13/h5-10H,4H2,1-3H3,(H,15,16). The van der Waals surface area contributed by atoms with Crippen molar-refractivity contribution in [2.24, 2.45) is 0 Å². The Morgan fingerprint density at radius 3 is 2.71 bits per heavy atom. The maximum absolute atomic E-state index is 5.64. The van der Waals surface area contributed by atoms with Crippen molar-refractivity contribution in [3.8, 4) is 17.0 Å². The molecule has 1 N–H and O–H groups in total. The summed E-state index contributed by atoms with van der Waals surface area (Å²) in [6, 6.07) is 8.24. The predicted octanol–water partition coefficient (Wildman–Crippen LogP) is 3.60. The molecular weight excluding hydrogens is 212 g/mol. The topological polar surface area (TPSA) is 37.9 Å². The predicted molar refractivity (Wildman–Crippen MR) is 69.3 cm³/mol. The largest absolute Gasteiger partial charge is 0.494 e. The van der Waals surface area contributed by atoms with Crippen LogP contribution in [0.25, 0.3) is 11.3 Å². The molecule has 0 saturated heterocycles. The third-order valence-corrected chi connectivity index (χ3v) is 2.74. The quantitative estimate of drug-likeness (QED) is 0.871. The monoisotopic (exact) mass is 230 g/mol. The minimum absolute atomic E-state index is 0.444. The first-order valence-electron chi connectivity index (χ1n) is 5.99. The van der Waals surface area contributed by atoms with Crippen LogP contribution in [0.3, 0.4) is 0 Å². The summed E-state index contributed by atoms with van der Waals surface area (Å²) < 4.78 is 5.64. The van der Waals surface area contributed by atoms with Crippen molar-refractivity contribution in [1.29, 1.82) is 0 Å². The average Bonchev–Trinajstić information content (AvgIpc) is 2.83. The molecule has 90 valence electrons. The van der Waals surface area contributed by atoms with Gasteiger partial charge in [-0.2, -0.15) is 5.10 Å². The molecule has 3 heteroatoms. The van der Waals surface area contributed by atoms with Crippen molar-refractivity contribution < 1.29 is 4.74 Å². The molecular formula is C14H18N2O. The van der Waals surface area contributed by atoms with Crippen LogP contribution in [-0.2, 0) is 0 Å². The number of aromatic nitrogens is 2. The van der Waals surface area contributed by atoms with Crippen LogP contribution in [0.4, 0.5) is 0 Å². The van der Waals surface area contributed by atoms with E-state index >= 15 is 0 Å². The van der Waals surface area contributed by atoms with Gasteiger partial charge in [0.15, 0.2) is 0 Å². The van der Waals surface area contributed by atoms with Gasteiger partial charge in [-0.15, -0.1) is 0 Å². The van der Waals surface area contributed by atoms with E-state index in [1.807, 2.05) is 19.1 Å². The summed E-state index contributed by atoms with van der Waals surface area (Å²) in [6.45, 7) is 7.05. The van der Waals surface area contributed by atoms with Gasteiger partial charge in [-0.1, -0.05) is 13.8 Å². The van der Waals surface area contributed by atoms with Crippen LogP contribution in [0.5, 0.6) is 5.75 Å². The Hall–Kier alpha value is -1.77. The van der Waals surface area contributed by atoms with Crippen molar-refractivity contribution in [3.63, 3.8) is 0 Å². The van der Waals surface area contributed by atoms with Crippen molar-refractivity contribution >= 4 is 0 Å². The Morgan fingerprint density at radius 2 is 2.12 bits per heavy atom. The molecule has 0 bridgehead atoms. The Bertz CT molecular complexity index is 475. The van der Waals surface area contributed by atoms with Crippen molar-refractivity contribution in [3.05, 3.63) is 36.0 Å². The summed E-state index contributed by atoms with van der Waals surface area (Å²) in [5.74, 6) is 1.42. The zero-order chi connectivity index (χ0) is 12.3. The average molecular weight is 230 g/mol. The molecule has 2 rings (SSSR count). The lowest BCUT2D eigenvalue weighted by atomic mass is 9.98. The molecule has 17 heavy (non-hydrogen) atoms. The van der Waals surface area contributed by atoms with E-state index in [-0.39, 0.29) is 0 Å². The van der Waals surface area contributed by atoms with E-state index < -0.39 is 0 Å². The van der Waals surface area contributed by atoms with Crippen molar-refractivity contribution in [2.75, 3.05) is 6.61 Å². The van der Waals surface area contributed by atoms with Gasteiger partial charge in [-0.05, 0) is 42.7 Å². The molecule has 0 fully saturated rings. The highest BCUT2D eigenvalue weighted by Crippen LogP contribution is 2.30. The maximum atomic E-state index is 5.64. The van der Waals surface area contributed by atoms with Gasteiger partial charge in [0.25, 0.3) is 0 Å². The van der Waals surface area contributed by atoms with Gasteiger partial charge in [-0.3, -0.25) is 5.10 Å². The lowest BCUT2D eigenvalue weighted by Crippen LogP contribution is -1.98. The lowest BCUT2D eigenvalue weighted by molar-refractivity contribution is 0.335. The van der Waals surface area contributed by atoms with Crippen LogP contribution in [0.15, 0.2) is 30.5 Å². The summed E-state index contributed by atoms with van der Waals surface area (Å²) in [6.07, 6.45) is 1.76. The first-order valence-corrected chi connectivity index (χ1v) is 5.99. The highest BCUT2D eigenvalue weighted by atomic mass is 16.5. The summed E-state index contributed by atoms with van der Waals surface area (Å²) in [5, 5.41) is 6.96. The summed E-state index contributed by atoms with van der Waals surface area (Å²) >= 11 is 0. The molecule has 1 aromatic carbocycles. The molecule has 2 aromatic rings. The lowest BCUT2D eigenvalue weighted by Gasteiger charge is -2.14. The molecule has 3 nitrogen and oxygen atoms in total. The van der Waals surface area contributed by atoms with Crippen molar-refractivity contribution in [2.45, 2.75) is 26.7 Å². The minimum Gasteiger partial charge on any atom is -0.494 e. The van der Waals surface area contributed by atoms with E-state index in [2.05, 4.69) is 36.2 Å². The number of ether oxygens (including phenoxy) is 1. The summed E-state index contributed by atoms with van der Waals surface area (Å²) in [4.78, 5) is 0. The van der Waals surface area contributed by atoms with Gasteiger partial charge in [0, 0.05) is 11.8 Å². The fraction of sp³-hybridized carbons (Fsp3) is 0.357. The molecule has 0 aliphatic carbocycles. The van der Waals surface area contributed by atoms with Crippen LogP contribution in [0.2, 0.25) is 0 Å². The van der Waals surface area contributed by atoms with Gasteiger partial charge < -0.3 is 4.74 Å². The molecule has 0 aliphatic rings. The van der Waals surface area contributed by atoms with E-state index in [4.69, 9.17) is 4.74 Å². The zero-order valence-electron chi connectivity index (χ0n) is 10.5. The number of H-pyrrole nitrogens is 1. The van der Waals surface area contributed by atoms with Gasteiger partial charge in [0.05, 0.1) is 12.3 Å². The van der Waals surface area contributed by atoms with E-state index in [0.29, 0.717) is 12.5 Å². The van der Waals surface area contributed by atoms with Gasteiger partial charge >= 0.3 is 0 Å². The fourth-order valence-electron chi connectivity index (χ4n) is 1.87. The Balaban J connectivity index is 2.42. The molecule has 0 saturated carbocycles. The molecule has 0 radical (unpaired) electrons. The van der Waals surface area contributed by atoms with Crippen LogP contribution in [0, 0.1) is 0 Å². The first-order chi connectivity index (χ1) is 8.22. The maximum Gasteiger partial charge on any atom is 0.122 e. The Morgan fingerprint density at radius 1 is 1.29 bits per heavy atom. The van der Waals surface area contributed by atoms with Crippen LogP contribution in [0.1, 0.15) is 32.3 Å². The number of rotatable bonds is 4. The molecule has 1 aromatic heterocycles. The second-order valence-corrected chi connectivity index (χ2v) is 4.31. The summed E-state index contributed by atoms with van der Waals surface area (Å²) in [7, 11) is 0. The van der Waals surface area contributed by atoms with Gasteiger partial charge in [0.2, 0.25) is 0 Å². The number of nitrogens with one attached hydrogen (secondary N) is 1. The number of nitrogens with zero attached hydrogens (tertiary/aromatic N) is 1. The minimum atomic E-state index is 0.444. The highest BCUT2D eigenvalue weighted by Gasteiger charge is 2.10. The SMILES string of the molecule is CCOc1ccc(-c2ccn[nH]2)cc1C(C)C. The number of hydrogen-bond acceptors (Lipinski definition) is 2. The normalized spacial score (nSPS) is 10.8. The second kappa shape index (κ2) is 5.04. The third kappa shape index (κ3) is 2.49. The molecule has 0 spiro atoms.